The highest BCUT2D eigenvalue weighted by atomic mass is 79.9. The third-order valence-corrected chi connectivity index (χ3v) is 3.63. The normalized spacial score (nSPS) is 11.7. The zero-order chi connectivity index (χ0) is 14.4. The molecule has 20 heavy (non-hydrogen) atoms. The molecule has 0 aliphatic rings. The van der Waals surface area contributed by atoms with Crippen molar-refractivity contribution in [2.45, 2.75) is 4.83 Å². The van der Waals surface area contributed by atoms with Gasteiger partial charge in [-0.15, -0.1) is 0 Å². The van der Waals surface area contributed by atoms with Crippen molar-refractivity contribution in [3.8, 4) is 11.1 Å². The van der Waals surface area contributed by atoms with Crippen LogP contribution >= 0.6 is 15.9 Å². The molecule has 2 aromatic carbocycles. The first kappa shape index (κ1) is 14.6. The summed E-state index contributed by atoms with van der Waals surface area (Å²) in [4.78, 5) is 10.9. The Morgan fingerprint density at radius 2 is 1.70 bits per heavy atom. The standard InChI is InChI=1S/C16H16BrNO2/c1-20-16(19)15(17)11-18-14-9-7-13(8-10-14)12-5-3-2-4-6-12/h2-10,15,18H,11H2,1H3. The summed E-state index contributed by atoms with van der Waals surface area (Å²) >= 11 is 3.28. The number of benzene rings is 2. The van der Waals surface area contributed by atoms with Gasteiger partial charge in [-0.2, -0.15) is 0 Å². The molecule has 0 amide bonds. The number of anilines is 1. The first-order valence-electron chi connectivity index (χ1n) is 6.32. The second-order valence-electron chi connectivity index (χ2n) is 4.31. The lowest BCUT2D eigenvalue weighted by Crippen LogP contribution is -2.24. The summed E-state index contributed by atoms with van der Waals surface area (Å²) in [6.07, 6.45) is 0. The van der Waals surface area contributed by atoms with Crippen molar-refractivity contribution in [1.82, 2.24) is 0 Å². The van der Waals surface area contributed by atoms with E-state index in [1.165, 1.54) is 18.2 Å². The molecule has 104 valence electrons. The highest BCUT2D eigenvalue weighted by Gasteiger charge is 2.14. The number of hydrogen-bond donors (Lipinski definition) is 1. The molecule has 2 rings (SSSR count). The van der Waals surface area contributed by atoms with Gasteiger partial charge in [0.2, 0.25) is 0 Å². The molecule has 0 saturated heterocycles. The van der Waals surface area contributed by atoms with Gasteiger partial charge in [-0.25, -0.2) is 0 Å². The number of alkyl halides is 1. The summed E-state index contributed by atoms with van der Waals surface area (Å²) in [6, 6.07) is 18.3. The van der Waals surface area contributed by atoms with E-state index in [0.717, 1.165) is 5.69 Å². The van der Waals surface area contributed by atoms with Crippen LogP contribution in [0.1, 0.15) is 0 Å². The van der Waals surface area contributed by atoms with Crippen molar-refractivity contribution in [1.29, 1.82) is 0 Å². The van der Waals surface area contributed by atoms with E-state index >= 15 is 0 Å². The van der Waals surface area contributed by atoms with Crippen LogP contribution in [0.2, 0.25) is 0 Å². The van der Waals surface area contributed by atoms with Gasteiger partial charge in [0.1, 0.15) is 4.83 Å². The molecule has 0 aliphatic heterocycles. The zero-order valence-electron chi connectivity index (χ0n) is 11.2. The second-order valence-corrected chi connectivity index (χ2v) is 5.42. The van der Waals surface area contributed by atoms with Crippen LogP contribution in [0, 0.1) is 0 Å². The smallest absolute Gasteiger partial charge is 0.321 e. The molecule has 1 unspecified atom stereocenters. The number of carbonyl (C=O) groups is 1. The maximum atomic E-state index is 11.3. The Labute approximate surface area is 127 Å². The summed E-state index contributed by atoms with van der Waals surface area (Å²) in [7, 11) is 1.38. The highest BCUT2D eigenvalue weighted by molar-refractivity contribution is 9.10. The number of ether oxygens (including phenoxy) is 1. The van der Waals surface area contributed by atoms with Gasteiger partial charge in [-0.1, -0.05) is 58.4 Å². The average molecular weight is 334 g/mol. The quantitative estimate of drug-likeness (QED) is 0.669. The van der Waals surface area contributed by atoms with Crippen molar-refractivity contribution >= 4 is 27.6 Å². The molecular formula is C16H16BrNO2. The van der Waals surface area contributed by atoms with E-state index in [9.17, 15) is 4.79 Å². The van der Waals surface area contributed by atoms with Crippen LogP contribution < -0.4 is 5.32 Å². The van der Waals surface area contributed by atoms with Crippen LogP contribution in [-0.2, 0) is 9.53 Å². The minimum Gasteiger partial charge on any atom is -0.468 e. The van der Waals surface area contributed by atoms with Gasteiger partial charge in [0.05, 0.1) is 7.11 Å². The van der Waals surface area contributed by atoms with Gasteiger partial charge >= 0.3 is 5.97 Å². The van der Waals surface area contributed by atoms with E-state index < -0.39 is 0 Å². The molecule has 3 nitrogen and oxygen atoms in total. The van der Waals surface area contributed by atoms with Crippen LogP contribution in [0.4, 0.5) is 5.69 Å². The van der Waals surface area contributed by atoms with Crippen molar-refractivity contribution in [2.75, 3.05) is 19.0 Å². The van der Waals surface area contributed by atoms with Gasteiger partial charge in [0, 0.05) is 12.2 Å². The molecule has 0 fully saturated rings. The molecule has 0 spiro atoms. The van der Waals surface area contributed by atoms with Crippen molar-refractivity contribution in [3.05, 3.63) is 54.6 Å². The SMILES string of the molecule is COC(=O)C(Br)CNc1ccc(-c2ccccc2)cc1. The first-order valence-corrected chi connectivity index (χ1v) is 7.23. The lowest BCUT2D eigenvalue weighted by molar-refractivity contribution is -0.139. The summed E-state index contributed by atoms with van der Waals surface area (Å²) in [5, 5.41) is 3.19. The largest absolute Gasteiger partial charge is 0.468 e. The molecule has 1 atom stereocenters. The molecule has 0 aromatic heterocycles. The molecule has 4 heteroatoms. The zero-order valence-corrected chi connectivity index (χ0v) is 12.8. The highest BCUT2D eigenvalue weighted by Crippen LogP contribution is 2.21. The molecule has 0 heterocycles. The van der Waals surface area contributed by atoms with Gasteiger partial charge in [-0.05, 0) is 23.3 Å². The van der Waals surface area contributed by atoms with E-state index in [2.05, 4.69) is 50.2 Å². The summed E-state index contributed by atoms with van der Waals surface area (Å²) < 4.78 is 4.65. The number of rotatable bonds is 5. The van der Waals surface area contributed by atoms with Crippen LogP contribution in [-0.4, -0.2) is 24.5 Å². The number of carbonyl (C=O) groups excluding carboxylic acids is 1. The molecular weight excluding hydrogens is 318 g/mol. The second kappa shape index (κ2) is 7.10. The van der Waals surface area contributed by atoms with Gasteiger partial charge in [-0.3, -0.25) is 4.79 Å². The Hall–Kier alpha value is -1.81. The number of nitrogens with one attached hydrogen (secondary N) is 1. The summed E-state index contributed by atoms with van der Waals surface area (Å²) in [6.45, 7) is 0.483. The summed E-state index contributed by atoms with van der Waals surface area (Å²) in [5.41, 5.74) is 3.32. The van der Waals surface area contributed by atoms with E-state index in [1.807, 2.05) is 30.3 Å². The van der Waals surface area contributed by atoms with E-state index in [0.29, 0.717) is 6.54 Å². The fourth-order valence-electron chi connectivity index (χ4n) is 1.83. The van der Waals surface area contributed by atoms with Crippen LogP contribution in [0.15, 0.2) is 54.6 Å². The average Bonchev–Trinajstić information content (AvgIpc) is 2.53. The molecule has 0 aliphatic carbocycles. The fourth-order valence-corrected chi connectivity index (χ4v) is 2.18. The lowest BCUT2D eigenvalue weighted by atomic mass is 10.1. The van der Waals surface area contributed by atoms with E-state index in [-0.39, 0.29) is 10.8 Å². The fraction of sp³-hybridized carbons (Fsp3) is 0.188. The number of esters is 1. The Morgan fingerprint density at radius 3 is 2.30 bits per heavy atom. The Balaban J connectivity index is 1.97. The van der Waals surface area contributed by atoms with E-state index in [1.54, 1.807) is 0 Å². The maximum absolute atomic E-state index is 11.3. The Kier molecular flexibility index (Phi) is 5.18. The lowest BCUT2D eigenvalue weighted by Gasteiger charge is -2.11. The summed E-state index contributed by atoms with van der Waals surface area (Å²) in [5.74, 6) is -0.279. The van der Waals surface area contributed by atoms with Crippen LogP contribution in [0.25, 0.3) is 11.1 Å². The first-order chi connectivity index (χ1) is 9.70. The van der Waals surface area contributed by atoms with Crippen LogP contribution in [0.5, 0.6) is 0 Å². The molecule has 1 N–H and O–H groups in total. The Bertz CT molecular complexity index is 554. The van der Waals surface area contributed by atoms with Gasteiger partial charge in [0.25, 0.3) is 0 Å². The molecule has 2 aromatic rings. The van der Waals surface area contributed by atoms with Crippen molar-refractivity contribution < 1.29 is 9.53 Å². The predicted octanol–water partition coefficient (Wildman–Crippen LogP) is 3.70. The third kappa shape index (κ3) is 3.84. The minimum absolute atomic E-state index is 0.279. The van der Waals surface area contributed by atoms with Crippen LogP contribution in [0.3, 0.4) is 0 Å². The van der Waals surface area contributed by atoms with E-state index in [4.69, 9.17) is 0 Å². The van der Waals surface area contributed by atoms with Gasteiger partial charge < -0.3 is 10.1 Å². The number of methoxy groups -OCH3 is 1. The molecule has 0 bridgehead atoms. The molecule has 0 radical (unpaired) electrons. The third-order valence-electron chi connectivity index (χ3n) is 2.93. The Morgan fingerprint density at radius 1 is 1.10 bits per heavy atom. The van der Waals surface area contributed by atoms with Crippen molar-refractivity contribution in [2.24, 2.45) is 0 Å². The number of halogens is 1. The van der Waals surface area contributed by atoms with Crippen molar-refractivity contribution in [3.63, 3.8) is 0 Å². The monoisotopic (exact) mass is 333 g/mol. The van der Waals surface area contributed by atoms with Gasteiger partial charge in [0.15, 0.2) is 0 Å². The topological polar surface area (TPSA) is 38.3 Å². The maximum Gasteiger partial charge on any atom is 0.321 e. The predicted molar refractivity (Wildman–Crippen MR) is 85.1 cm³/mol. The minimum atomic E-state index is -0.346. The number of hydrogen-bond acceptors (Lipinski definition) is 3. The molecule has 0 saturated carbocycles.